The first kappa shape index (κ1) is 21.6. The van der Waals surface area contributed by atoms with E-state index in [-0.39, 0.29) is 12.1 Å². The van der Waals surface area contributed by atoms with Gasteiger partial charge in [0.2, 0.25) is 0 Å². The van der Waals surface area contributed by atoms with Crippen LogP contribution in [0.5, 0.6) is 5.75 Å². The van der Waals surface area contributed by atoms with Crippen molar-refractivity contribution in [1.82, 2.24) is 13.5 Å². The largest absolute Gasteiger partial charge is 0.491 e. The molecule has 1 aliphatic heterocycles. The molecule has 1 aromatic carbocycles. The maximum Gasteiger partial charge on any atom is 0.282 e. The maximum atomic E-state index is 13.0. The lowest BCUT2D eigenvalue weighted by Gasteiger charge is -2.38. The van der Waals surface area contributed by atoms with Crippen LogP contribution in [0.1, 0.15) is 51.5 Å². The number of hydrogen-bond donors (Lipinski definition) is 0. The highest BCUT2D eigenvalue weighted by atomic mass is 32.2. The van der Waals surface area contributed by atoms with Crippen molar-refractivity contribution in [2.75, 3.05) is 33.2 Å². The first-order valence-electron chi connectivity index (χ1n) is 10.6. The molecule has 1 aromatic rings. The van der Waals surface area contributed by atoms with Gasteiger partial charge in [-0.15, -0.1) is 0 Å². The normalized spacial score (nSPS) is 20.8. The van der Waals surface area contributed by atoms with E-state index in [1.165, 1.54) is 12.0 Å². The summed E-state index contributed by atoms with van der Waals surface area (Å²) in [5, 5.41) is 0. The van der Waals surface area contributed by atoms with Crippen molar-refractivity contribution < 1.29 is 13.2 Å². The Morgan fingerprint density at radius 1 is 1.11 bits per heavy atom. The molecule has 0 atom stereocenters. The predicted octanol–water partition coefficient (Wildman–Crippen LogP) is 3.10. The molecule has 0 spiro atoms. The van der Waals surface area contributed by atoms with Crippen molar-refractivity contribution in [3.8, 4) is 5.75 Å². The van der Waals surface area contributed by atoms with E-state index >= 15 is 0 Å². The average Bonchev–Trinajstić information content (AvgIpc) is 2.68. The van der Waals surface area contributed by atoms with Gasteiger partial charge in [-0.2, -0.15) is 17.0 Å². The zero-order valence-electron chi connectivity index (χ0n) is 17.5. The van der Waals surface area contributed by atoms with Crippen LogP contribution in [0.2, 0.25) is 0 Å². The van der Waals surface area contributed by atoms with E-state index in [4.69, 9.17) is 4.74 Å². The summed E-state index contributed by atoms with van der Waals surface area (Å²) in [6.07, 6.45) is 5.64. The molecule has 1 saturated heterocycles. The molecule has 0 amide bonds. The van der Waals surface area contributed by atoms with E-state index in [1.807, 2.05) is 26.0 Å². The Morgan fingerprint density at radius 2 is 1.79 bits per heavy atom. The van der Waals surface area contributed by atoms with Gasteiger partial charge in [0.05, 0.1) is 6.10 Å². The molecule has 1 saturated carbocycles. The molecular weight excluding hydrogens is 374 g/mol. The Kier molecular flexibility index (Phi) is 7.36. The summed E-state index contributed by atoms with van der Waals surface area (Å²) in [7, 11) is -1.60. The highest BCUT2D eigenvalue weighted by Gasteiger charge is 2.34. The lowest BCUT2D eigenvalue weighted by molar-refractivity contribution is 0.170. The molecule has 3 rings (SSSR count). The molecule has 0 unspecified atom stereocenters. The number of nitrogens with zero attached hydrogens (tertiary/aromatic N) is 3. The molecule has 7 heteroatoms. The van der Waals surface area contributed by atoms with Gasteiger partial charge in [-0.3, -0.25) is 4.90 Å². The van der Waals surface area contributed by atoms with Crippen LogP contribution in [0.25, 0.3) is 0 Å². The van der Waals surface area contributed by atoms with Crippen LogP contribution in [0.3, 0.4) is 0 Å². The van der Waals surface area contributed by atoms with Gasteiger partial charge in [-0.05, 0) is 44.4 Å². The number of hydrogen-bond acceptors (Lipinski definition) is 4. The quantitative estimate of drug-likeness (QED) is 0.694. The second-order valence-corrected chi connectivity index (χ2v) is 10.3. The van der Waals surface area contributed by atoms with Crippen LogP contribution in [0, 0.1) is 0 Å². The second kappa shape index (κ2) is 9.57. The Labute approximate surface area is 170 Å². The van der Waals surface area contributed by atoms with Gasteiger partial charge in [0.25, 0.3) is 10.2 Å². The lowest BCUT2D eigenvalue weighted by Crippen LogP contribution is -2.54. The van der Waals surface area contributed by atoms with E-state index in [9.17, 15) is 8.42 Å². The zero-order chi connectivity index (χ0) is 20.1. The van der Waals surface area contributed by atoms with Crippen molar-refractivity contribution in [3.63, 3.8) is 0 Å². The topological polar surface area (TPSA) is 53.1 Å². The fourth-order valence-electron chi connectivity index (χ4n) is 4.18. The summed E-state index contributed by atoms with van der Waals surface area (Å²) in [6, 6.07) is 8.36. The van der Waals surface area contributed by atoms with Gasteiger partial charge in [0.1, 0.15) is 5.75 Å². The van der Waals surface area contributed by atoms with Crippen LogP contribution in [0.15, 0.2) is 24.3 Å². The van der Waals surface area contributed by atoms with Gasteiger partial charge in [-0.25, -0.2) is 0 Å². The first-order chi connectivity index (χ1) is 13.4. The van der Waals surface area contributed by atoms with E-state index in [0.717, 1.165) is 51.1 Å². The van der Waals surface area contributed by atoms with Crippen molar-refractivity contribution in [1.29, 1.82) is 0 Å². The molecule has 6 nitrogen and oxygen atoms in total. The molecule has 1 aliphatic carbocycles. The highest BCUT2D eigenvalue weighted by Crippen LogP contribution is 2.25. The molecule has 2 fully saturated rings. The van der Waals surface area contributed by atoms with Crippen molar-refractivity contribution >= 4 is 10.2 Å². The van der Waals surface area contributed by atoms with Crippen LogP contribution >= 0.6 is 0 Å². The van der Waals surface area contributed by atoms with E-state index in [2.05, 4.69) is 17.0 Å². The van der Waals surface area contributed by atoms with Crippen molar-refractivity contribution in [3.05, 3.63) is 29.8 Å². The molecular formula is C21H35N3O3S. The van der Waals surface area contributed by atoms with E-state index < -0.39 is 10.2 Å². The van der Waals surface area contributed by atoms with Gasteiger partial charge < -0.3 is 4.74 Å². The third-order valence-corrected chi connectivity index (χ3v) is 7.83. The van der Waals surface area contributed by atoms with Crippen LogP contribution in [-0.4, -0.2) is 67.3 Å². The minimum atomic E-state index is -3.36. The van der Waals surface area contributed by atoms with Gasteiger partial charge in [-0.1, -0.05) is 31.4 Å². The monoisotopic (exact) mass is 409 g/mol. The van der Waals surface area contributed by atoms with Gasteiger partial charge in [0.15, 0.2) is 0 Å². The average molecular weight is 410 g/mol. The second-order valence-electron chi connectivity index (χ2n) is 8.31. The fourth-order valence-corrected chi connectivity index (χ4v) is 5.76. The summed E-state index contributed by atoms with van der Waals surface area (Å²) < 4.78 is 35.1. The summed E-state index contributed by atoms with van der Waals surface area (Å²) in [4.78, 5) is 2.32. The first-order valence-corrected chi connectivity index (χ1v) is 12.0. The number of benzene rings is 1. The van der Waals surface area contributed by atoms with E-state index in [1.54, 1.807) is 15.7 Å². The highest BCUT2D eigenvalue weighted by molar-refractivity contribution is 7.86. The molecule has 28 heavy (non-hydrogen) atoms. The molecule has 2 aliphatic rings. The fraction of sp³-hybridized carbons (Fsp3) is 0.714. The summed E-state index contributed by atoms with van der Waals surface area (Å²) >= 11 is 0. The Hall–Kier alpha value is -1.15. The zero-order valence-corrected chi connectivity index (χ0v) is 18.3. The third-order valence-electron chi connectivity index (χ3n) is 5.79. The Morgan fingerprint density at radius 3 is 2.43 bits per heavy atom. The smallest absolute Gasteiger partial charge is 0.282 e. The van der Waals surface area contributed by atoms with Crippen molar-refractivity contribution in [2.45, 2.75) is 64.6 Å². The van der Waals surface area contributed by atoms with Crippen LogP contribution in [0.4, 0.5) is 0 Å². The Balaban J connectivity index is 1.54. The van der Waals surface area contributed by atoms with Crippen LogP contribution < -0.4 is 4.74 Å². The minimum absolute atomic E-state index is 0.158. The molecule has 0 aromatic heterocycles. The van der Waals surface area contributed by atoms with Crippen molar-refractivity contribution in [2.24, 2.45) is 0 Å². The Bertz CT molecular complexity index is 724. The SMILES string of the molecule is CC(C)Oc1cccc(CN2CCN(S(=O)(=O)N(C)C3CCCCC3)CC2)c1. The van der Waals surface area contributed by atoms with E-state index in [0.29, 0.717) is 13.1 Å². The standard InChI is InChI=1S/C21H35N3O3S/c1-18(2)27-21-11-7-8-19(16-21)17-23-12-14-24(15-13-23)28(25,26)22(3)20-9-5-4-6-10-20/h7-8,11,16,18,20H,4-6,9-10,12-15,17H2,1-3H3. The van der Waals surface area contributed by atoms with Crippen LogP contribution in [-0.2, 0) is 16.8 Å². The predicted molar refractivity (Wildman–Crippen MR) is 113 cm³/mol. The number of piperazine rings is 1. The summed E-state index contributed by atoms with van der Waals surface area (Å²) in [5.41, 5.74) is 1.20. The molecule has 0 radical (unpaired) electrons. The number of ether oxygens (including phenoxy) is 1. The molecule has 158 valence electrons. The summed E-state index contributed by atoms with van der Waals surface area (Å²) in [5.74, 6) is 0.892. The van der Waals surface area contributed by atoms with Gasteiger partial charge in [0, 0.05) is 45.8 Å². The number of rotatable bonds is 7. The molecule has 1 heterocycles. The summed E-state index contributed by atoms with van der Waals surface area (Å²) in [6.45, 7) is 7.50. The molecule has 0 N–H and O–H groups in total. The maximum absolute atomic E-state index is 13.0. The third kappa shape index (κ3) is 5.47. The molecule has 0 bridgehead atoms. The minimum Gasteiger partial charge on any atom is -0.491 e. The lowest BCUT2D eigenvalue weighted by atomic mass is 9.96. The van der Waals surface area contributed by atoms with Gasteiger partial charge >= 0.3 is 0 Å².